The zero-order valence-electron chi connectivity index (χ0n) is 11.3. The largest absolute Gasteiger partial charge is 0.342 e. The van der Waals surface area contributed by atoms with Crippen molar-refractivity contribution >= 4 is 12.2 Å². The molecule has 3 heteroatoms. The summed E-state index contributed by atoms with van der Waals surface area (Å²) >= 11 is 0. The van der Waals surface area contributed by atoms with Crippen molar-refractivity contribution in [2.75, 3.05) is 13.1 Å². The molecule has 0 saturated carbocycles. The van der Waals surface area contributed by atoms with Crippen LogP contribution >= 0.6 is 0 Å². The lowest BCUT2D eigenvalue weighted by Gasteiger charge is -2.25. The maximum atomic E-state index is 12.6. The molecule has 2 rings (SSSR count). The quantitative estimate of drug-likeness (QED) is 0.780. The van der Waals surface area contributed by atoms with Gasteiger partial charge < -0.3 is 9.69 Å². The van der Waals surface area contributed by atoms with Crippen molar-refractivity contribution in [2.24, 2.45) is 0 Å². The van der Waals surface area contributed by atoms with E-state index in [0.717, 1.165) is 37.8 Å². The summed E-state index contributed by atoms with van der Waals surface area (Å²) in [6.45, 7) is 1.67. The molecule has 1 aromatic rings. The van der Waals surface area contributed by atoms with E-state index in [2.05, 4.69) is 0 Å². The Morgan fingerprint density at radius 3 is 2.32 bits per heavy atom. The van der Waals surface area contributed by atoms with Crippen molar-refractivity contribution in [3.05, 3.63) is 35.9 Å². The molecule has 1 heterocycles. The molecule has 0 bridgehead atoms. The highest BCUT2D eigenvalue weighted by Crippen LogP contribution is 2.23. The van der Waals surface area contributed by atoms with E-state index in [-0.39, 0.29) is 18.2 Å². The fourth-order valence-electron chi connectivity index (χ4n) is 2.67. The average molecular weight is 259 g/mol. The Hall–Kier alpha value is -1.64. The van der Waals surface area contributed by atoms with Crippen molar-refractivity contribution in [2.45, 2.75) is 38.0 Å². The van der Waals surface area contributed by atoms with Crippen LogP contribution in [-0.4, -0.2) is 30.2 Å². The second-order valence-electron chi connectivity index (χ2n) is 5.11. The Morgan fingerprint density at radius 2 is 1.74 bits per heavy atom. The molecule has 0 spiro atoms. The normalized spacial score (nSPS) is 17.6. The Labute approximate surface area is 114 Å². The molecule has 19 heavy (non-hydrogen) atoms. The van der Waals surface area contributed by atoms with Crippen LogP contribution in [0.1, 0.15) is 43.6 Å². The summed E-state index contributed by atoms with van der Waals surface area (Å²) in [6, 6.07) is 9.64. The van der Waals surface area contributed by atoms with Crippen molar-refractivity contribution in [3.8, 4) is 0 Å². The number of nitrogens with zero attached hydrogens (tertiary/aromatic N) is 1. The van der Waals surface area contributed by atoms with Gasteiger partial charge in [-0.05, 0) is 18.4 Å². The maximum absolute atomic E-state index is 12.6. The van der Waals surface area contributed by atoms with Crippen molar-refractivity contribution < 1.29 is 9.59 Å². The zero-order valence-corrected chi connectivity index (χ0v) is 11.3. The van der Waals surface area contributed by atoms with Crippen LogP contribution in [0.4, 0.5) is 0 Å². The van der Waals surface area contributed by atoms with Crippen LogP contribution in [0, 0.1) is 0 Å². The smallest absolute Gasteiger partial charge is 0.230 e. The van der Waals surface area contributed by atoms with Gasteiger partial charge in [0.15, 0.2) is 0 Å². The summed E-state index contributed by atoms with van der Waals surface area (Å²) in [5.41, 5.74) is 0.948. The first-order chi connectivity index (χ1) is 9.33. The van der Waals surface area contributed by atoms with Crippen molar-refractivity contribution in [1.82, 2.24) is 4.90 Å². The van der Waals surface area contributed by atoms with Crippen LogP contribution in [0.2, 0.25) is 0 Å². The number of carbonyl (C=O) groups excluding carboxylic acids is 2. The van der Waals surface area contributed by atoms with Gasteiger partial charge >= 0.3 is 0 Å². The monoisotopic (exact) mass is 259 g/mol. The van der Waals surface area contributed by atoms with Crippen LogP contribution in [0.3, 0.4) is 0 Å². The fourth-order valence-corrected chi connectivity index (χ4v) is 2.67. The Kier molecular flexibility index (Phi) is 5.13. The summed E-state index contributed by atoms with van der Waals surface area (Å²) in [5.74, 6) is -0.197. The third-order valence-electron chi connectivity index (χ3n) is 3.75. The number of benzene rings is 1. The predicted molar refractivity (Wildman–Crippen MR) is 74.9 cm³/mol. The molecule has 102 valence electrons. The van der Waals surface area contributed by atoms with Gasteiger partial charge in [0, 0.05) is 19.5 Å². The topological polar surface area (TPSA) is 37.4 Å². The second-order valence-corrected chi connectivity index (χ2v) is 5.11. The van der Waals surface area contributed by atoms with E-state index in [1.54, 1.807) is 0 Å². The Balaban J connectivity index is 2.13. The molecule has 0 aliphatic carbocycles. The number of amides is 1. The van der Waals surface area contributed by atoms with Crippen LogP contribution in [0.25, 0.3) is 0 Å². The van der Waals surface area contributed by atoms with Crippen LogP contribution in [0.15, 0.2) is 30.3 Å². The van der Waals surface area contributed by atoms with E-state index in [4.69, 9.17) is 0 Å². The van der Waals surface area contributed by atoms with E-state index in [1.807, 2.05) is 35.2 Å². The first-order valence-electron chi connectivity index (χ1n) is 7.10. The van der Waals surface area contributed by atoms with Gasteiger partial charge in [-0.3, -0.25) is 4.79 Å². The highest BCUT2D eigenvalue weighted by molar-refractivity contribution is 5.86. The highest BCUT2D eigenvalue weighted by Gasteiger charge is 2.25. The zero-order chi connectivity index (χ0) is 13.5. The molecule has 1 atom stereocenters. The third kappa shape index (κ3) is 3.66. The summed E-state index contributed by atoms with van der Waals surface area (Å²) in [4.78, 5) is 25.4. The van der Waals surface area contributed by atoms with E-state index < -0.39 is 0 Å². The SMILES string of the molecule is O=CC[C@H](C(=O)N1CCCCCC1)c1ccccc1. The van der Waals surface area contributed by atoms with Gasteiger partial charge in [0.1, 0.15) is 6.29 Å². The summed E-state index contributed by atoms with van der Waals surface area (Å²) < 4.78 is 0. The fraction of sp³-hybridized carbons (Fsp3) is 0.500. The van der Waals surface area contributed by atoms with Gasteiger partial charge in [0.2, 0.25) is 5.91 Å². The van der Waals surface area contributed by atoms with Crippen molar-refractivity contribution in [1.29, 1.82) is 0 Å². The van der Waals surface area contributed by atoms with E-state index >= 15 is 0 Å². The molecule has 1 amide bonds. The number of hydrogen-bond donors (Lipinski definition) is 0. The van der Waals surface area contributed by atoms with Crippen LogP contribution < -0.4 is 0 Å². The van der Waals surface area contributed by atoms with E-state index in [9.17, 15) is 9.59 Å². The number of rotatable bonds is 4. The maximum Gasteiger partial charge on any atom is 0.230 e. The Morgan fingerprint density at radius 1 is 1.11 bits per heavy atom. The first-order valence-corrected chi connectivity index (χ1v) is 7.10. The summed E-state index contributed by atoms with van der Waals surface area (Å²) in [7, 11) is 0. The van der Waals surface area contributed by atoms with Crippen molar-refractivity contribution in [3.63, 3.8) is 0 Å². The standard InChI is InChI=1S/C16H21NO2/c18-13-10-15(14-8-4-3-5-9-14)16(19)17-11-6-1-2-7-12-17/h3-5,8-9,13,15H,1-2,6-7,10-12H2/t15-/m0/s1. The third-order valence-corrected chi connectivity index (χ3v) is 3.75. The van der Waals surface area contributed by atoms with Gasteiger partial charge in [-0.2, -0.15) is 0 Å². The molecule has 1 fully saturated rings. The molecular weight excluding hydrogens is 238 g/mol. The minimum absolute atomic E-state index is 0.111. The van der Waals surface area contributed by atoms with E-state index in [0.29, 0.717) is 0 Å². The molecular formula is C16H21NO2. The van der Waals surface area contributed by atoms with Gasteiger partial charge in [0.25, 0.3) is 0 Å². The molecule has 0 aromatic heterocycles. The molecule has 0 N–H and O–H groups in total. The lowest BCUT2D eigenvalue weighted by molar-refractivity contribution is -0.133. The minimum Gasteiger partial charge on any atom is -0.342 e. The number of hydrogen-bond acceptors (Lipinski definition) is 2. The molecule has 1 aliphatic rings. The van der Waals surface area contributed by atoms with Gasteiger partial charge in [-0.25, -0.2) is 0 Å². The molecule has 1 aromatic carbocycles. The summed E-state index contributed by atoms with van der Waals surface area (Å²) in [5, 5.41) is 0. The molecule has 1 saturated heterocycles. The molecule has 0 radical (unpaired) electrons. The minimum atomic E-state index is -0.309. The van der Waals surface area contributed by atoms with Crippen LogP contribution in [-0.2, 0) is 9.59 Å². The average Bonchev–Trinajstić information content (AvgIpc) is 2.74. The predicted octanol–water partition coefficient (Wildman–Crippen LogP) is 2.76. The molecule has 0 unspecified atom stereocenters. The number of likely N-dealkylation sites (tertiary alicyclic amines) is 1. The van der Waals surface area contributed by atoms with Gasteiger partial charge in [0.05, 0.1) is 5.92 Å². The molecule has 1 aliphatic heterocycles. The Bertz CT molecular complexity index is 408. The lowest BCUT2D eigenvalue weighted by atomic mass is 9.94. The van der Waals surface area contributed by atoms with Gasteiger partial charge in [-0.1, -0.05) is 43.2 Å². The highest BCUT2D eigenvalue weighted by atomic mass is 16.2. The number of aldehydes is 1. The first kappa shape index (κ1) is 13.8. The number of carbonyl (C=O) groups is 2. The summed E-state index contributed by atoms with van der Waals surface area (Å²) in [6.07, 6.45) is 5.69. The van der Waals surface area contributed by atoms with E-state index in [1.165, 1.54) is 12.8 Å². The lowest BCUT2D eigenvalue weighted by Crippen LogP contribution is -2.36. The second kappa shape index (κ2) is 7.07. The van der Waals surface area contributed by atoms with Gasteiger partial charge in [-0.15, -0.1) is 0 Å². The molecule has 3 nitrogen and oxygen atoms in total. The van der Waals surface area contributed by atoms with Crippen LogP contribution in [0.5, 0.6) is 0 Å².